The van der Waals surface area contributed by atoms with E-state index in [-0.39, 0.29) is 13.2 Å². The van der Waals surface area contributed by atoms with Gasteiger partial charge in [0.25, 0.3) is 5.91 Å². The van der Waals surface area contributed by atoms with Gasteiger partial charge in [0, 0.05) is 47.3 Å². The first kappa shape index (κ1) is 29.2. The van der Waals surface area contributed by atoms with E-state index in [1.807, 2.05) is 0 Å². The first-order valence-corrected chi connectivity index (χ1v) is 12.3. The highest BCUT2D eigenvalue weighted by molar-refractivity contribution is 6.30. The number of hydrogen-bond donors (Lipinski definition) is 3. The molecule has 1 unspecified atom stereocenters. The van der Waals surface area contributed by atoms with Crippen LogP contribution < -0.4 is 19.7 Å². The van der Waals surface area contributed by atoms with E-state index in [0.717, 1.165) is 6.92 Å². The lowest BCUT2D eigenvalue weighted by Gasteiger charge is -2.37. The molecule has 38 heavy (non-hydrogen) atoms. The van der Waals surface area contributed by atoms with Crippen molar-refractivity contribution >= 4 is 35.1 Å². The number of carboxylic acids is 1. The summed E-state index contributed by atoms with van der Waals surface area (Å²) >= 11 is 6.40. The fourth-order valence-corrected chi connectivity index (χ4v) is 4.67. The Morgan fingerprint density at radius 3 is 2.37 bits per heavy atom. The number of carbonyl (C=O) groups excluding carboxylic acids is 2. The van der Waals surface area contributed by atoms with Gasteiger partial charge >= 0.3 is 5.97 Å². The molecule has 11 heteroatoms. The highest BCUT2D eigenvalue weighted by Crippen LogP contribution is 2.46. The number of methoxy groups -OCH3 is 2. The summed E-state index contributed by atoms with van der Waals surface area (Å²) in [6.07, 6.45) is -2.75. The van der Waals surface area contributed by atoms with Gasteiger partial charge in [0.2, 0.25) is 5.91 Å². The predicted molar refractivity (Wildman–Crippen MR) is 141 cm³/mol. The Hall–Kier alpha value is -3.34. The molecular weight excluding hydrogens is 516 g/mol. The summed E-state index contributed by atoms with van der Waals surface area (Å²) in [7, 11) is 2.93. The summed E-state index contributed by atoms with van der Waals surface area (Å²) < 4.78 is 17.5. The van der Waals surface area contributed by atoms with Crippen molar-refractivity contribution in [3.05, 3.63) is 52.5 Å². The molecule has 2 amide bonds. The van der Waals surface area contributed by atoms with Crippen LogP contribution in [-0.4, -0.2) is 67.0 Å². The molecule has 1 aliphatic heterocycles. The van der Waals surface area contributed by atoms with Crippen LogP contribution in [0.15, 0.2) is 36.4 Å². The van der Waals surface area contributed by atoms with Gasteiger partial charge in [-0.15, -0.1) is 0 Å². The first-order valence-electron chi connectivity index (χ1n) is 11.9. The third kappa shape index (κ3) is 5.57. The highest BCUT2D eigenvalue weighted by atomic mass is 35.5. The minimum absolute atomic E-state index is 0.0224. The average Bonchev–Trinajstić information content (AvgIpc) is 2.97. The van der Waals surface area contributed by atoms with Crippen molar-refractivity contribution in [1.82, 2.24) is 5.32 Å². The lowest BCUT2D eigenvalue weighted by atomic mass is 9.90. The van der Waals surface area contributed by atoms with Gasteiger partial charge < -0.3 is 34.6 Å². The van der Waals surface area contributed by atoms with E-state index >= 15 is 0 Å². The Morgan fingerprint density at radius 1 is 1.13 bits per heavy atom. The van der Waals surface area contributed by atoms with Crippen molar-refractivity contribution in [2.75, 3.05) is 32.3 Å². The maximum Gasteiger partial charge on any atom is 0.332 e. The number of benzene rings is 2. The fraction of sp³-hybridized carbons (Fsp3) is 0.444. The number of aliphatic hydroxyl groups excluding tert-OH is 1. The lowest BCUT2D eigenvalue weighted by molar-refractivity contribution is -0.161. The average molecular weight is 549 g/mol. The molecule has 206 valence electrons. The number of ether oxygens (including phenoxy) is 3. The van der Waals surface area contributed by atoms with Gasteiger partial charge in [0.1, 0.15) is 6.10 Å². The van der Waals surface area contributed by atoms with Crippen LogP contribution in [0.25, 0.3) is 0 Å². The lowest BCUT2D eigenvalue weighted by Crippen LogP contribution is -2.65. The highest BCUT2D eigenvalue weighted by Gasteiger charge is 2.53. The van der Waals surface area contributed by atoms with Crippen LogP contribution in [0.5, 0.6) is 11.5 Å². The van der Waals surface area contributed by atoms with Crippen LogP contribution in [-0.2, 0) is 19.1 Å². The summed E-state index contributed by atoms with van der Waals surface area (Å²) in [6.45, 7) is 5.69. The molecule has 1 heterocycles. The molecule has 2 aromatic carbocycles. The second kappa shape index (κ2) is 11.2. The zero-order chi connectivity index (χ0) is 28.4. The summed E-state index contributed by atoms with van der Waals surface area (Å²) in [5, 5.41) is 23.0. The van der Waals surface area contributed by atoms with E-state index in [1.165, 1.54) is 26.0 Å². The number of nitrogens with zero attached hydrogens (tertiary/aromatic N) is 1. The quantitative estimate of drug-likeness (QED) is 0.435. The number of carboxylic acid groups (broad SMARTS) is 1. The largest absolute Gasteiger partial charge is 0.493 e. The standard InChI is InChI=1S/C27H33ClN2O8/c1-15(32)29-27(4,25(34)35)23-24(33)30(13-26(2,3)14-31)19-11-10-16(28)12-18(19)21(38-23)17-8-7-9-20(36-5)22(17)37-6/h7-12,21,23,31H,13-14H2,1-6H3,(H,29,32)(H,34,35)/t21-,23+,27?/m1/s1. The molecule has 10 nitrogen and oxygen atoms in total. The molecule has 0 bridgehead atoms. The number of nitrogens with one attached hydrogen (secondary N) is 1. The molecule has 0 saturated carbocycles. The molecule has 1 aliphatic rings. The Bertz CT molecular complexity index is 1230. The normalized spacial score (nSPS) is 19.2. The van der Waals surface area contributed by atoms with E-state index in [0.29, 0.717) is 33.3 Å². The summed E-state index contributed by atoms with van der Waals surface area (Å²) in [6, 6.07) is 9.99. The summed E-state index contributed by atoms with van der Waals surface area (Å²) in [4.78, 5) is 40.3. The van der Waals surface area contributed by atoms with Crippen molar-refractivity contribution in [3.63, 3.8) is 0 Å². The van der Waals surface area contributed by atoms with E-state index in [4.69, 9.17) is 25.8 Å². The van der Waals surface area contributed by atoms with Crippen LogP contribution in [0.4, 0.5) is 5.69 Å². The number of fused-ring (bicyclic) bond motifs is 1. The van der Waals surface area contributed by atoms with Crippen molar-refractivity contribution in [3.8, 4) is 11.5 Å². The molecule has 0 aliphatic carbocycles. The van der Waals surface area contributed by atoms with Gasteiger partial charge in [-0.1, -0.05) is 37.6 Å². The maximum absolute atomic E-state index is 14.2. The molecule has 0 radical (unpaired) electrons. The number of rotatable bonds is 9. The number of carbonyl (C=O) groups is 3. The smallest absolute Gasteiger partial charge is 0.332 e. The molecule has 2 aromatic rings. The van der Waals surface area contributed by atoms with Crippen molar-refractivity contribution in [2.45, 2.75) is 45.4 Å². The van der Waals surface area contributed by atoms with E-state index in [9.17, 15) is 24.6 Å². The number of anilines is 1. The topological polar surface area (TPSA) is 135 Å². The molecule has 0 saturated heterocycles. The van der Waals surface area contributed by atoms with Gasteiger partial charge in [0.15, 0.2) is 23.1 Å². The summed E-state index contributed by atoms with van der Waals surface area (Å²) in [5.41, 5.74) is -1.59. The zero-order valence-electron chi connectivity index (χ0n) is 22.2. The van der Waals surface area contributed by atoms with Crippen molar-refractivity contribution < 1.29 is 38.8 Å². The minimum atomic E-state index is -2.15. The van der Waals surface area contributed by atoms with E-state index in [2.05, 4.69) is 5.32 Å². The molecule has 3 atom stereocenters. The first-order chi connectivity index (χ1) is 17.8. The number of amides is 2. The Morgan fingerprint density at radius 2 is 1.82 bits per heavy atom. The second-order valence-corrected chi connectivity index (χ2v) is 10.6. The molecular formula is C27H33ClN2O8. The molecule has 0 fully saturated rings. The monoisotopic (exact) mass is 548 g/mol. The van der Waals surface area contributed by atoms with Crippen LogP contribution in [0.1, 0.15) is 44.9 Å². The predicted octanol–water partition coefficient (Wildman–Crippen LogP) is 3.18. The Labute approximate surface area is 226 Å². The second-order valence-electron chi connectivity index (χ2n) is 10.1. The van der Waals surface area contributed by atoms with Crippen LogP contribution in [0, 0.1) is 5.41 Å². The number of hydrogen-bond acceptors (Lipinski definition) is 7. The third-order valence-corrected chi connectivity index (χ3v) is 6.69. The van der Waals surface area contributed by atoms with Crippen LogP contribution in [0.2, 0.25) is 5.02 Å². The van der Waals surface area contributed by atoms with Crippen LogP contribution >= 0.6 is 11.6 Å². The Kier molecular flexibility index (Phi) is 8.60. The number of para-hydroxylation sites is 1. The number of aliphatic hydroxyl groups is 1. The zero-order valence-corrected chi connectivity index (χ0v) is 23.0. The molecule has 3 rings (SSSR count). The molecule has 0 aromatic heterocycles. The number of aliphatic carboxylic acids is 1. The van der Waals surface area contributed by atoms with Gasteiger partial charge in [0.05, 0.1) is 14.2 Å². The van der Waals surface area contributed by atoms with E-state index in [1.54, 1.807) is 50.2 Å². The van der Waals surface area contributed by atoms with Gasteiger partial charge in [-0.3, -0.25) is 9.59 Å². The SMILES string of the molecule is COc1cccc([C@H]2O[C@H](C(C)(NC(C)=O)C(=O)O)C(=O)N(CC(C)(C)CO)c3ccc(Cl)cc32)c1OC. The van der Waals surface area contributed by atoms with Crippen molar-refractivity contribution in [1.29, 1.82) is 0 Å². The molecule has 0 spiro atoms. The van der Waals surface area contributed by atoms with Gasteiger partial charge in [-0.2, -0.15) is 0 Å². The van der Waals surface area contributed by atoms with Gasteiger partial charge in [-0.25, -0.2) is 4.79 Å². The van der Waals surface area contributed by atoms with E-state index < -0.39 is 40.9 Å². The third-order valence-electron chi connectivity index (χ3n) is 6.46. The number of halogens is 1. The van der Waals surface area contributed by atoms with Crippen molar-refractivity contribution in [2.24, 2.45) is 5.41 Å². The Balaban J connectivity index is 2.38. The molecule has 3 N–H and O–H groups in total. The minimum Gasteiger partial charge on any atom is -0.493 e. The van der Waals surface area contributed by atoms with Crippen LogP contribution in [0.3, 0.4) is 0 Å². The summed E-state index contributed by atoms with van der Waals surface area (Å²) in [5.74, 6) is -2.12. The maximum atomic E-state index is 14.2. The van der Waals surface area contributed by atoms with Gasteiger partial charge in [-0.05, 0) is 31.2 Å². The fourth-order valence-electron chi connectivity index (χ4n) is 4.49.